The van der Waals surface area contributed by atoms with Crippen LogP contribution in [0.2, 0.25) is 0 Å². The van der Waals surface area contributed by atoms with Gasteiger partial charge in [-0.25, -0.2) is 0 Å². The molecular weight excluding hydrogens is 168 g/mol. The Balaban J connectivity index is 2.14. The molecule has 0 fully saturated rings. The third kappa shape index (κ3) is 3.01. The Labute approximate surface area is 89.1 Å². The Morgan fingerprint density at radius 3 is 2.43 bits per heavy atom. The maximum atomic E-state index is 3.82. The fraction of sp³-hybridized carbons (Fsp3) is 0.714. The molecule has 0 N–H and O–H groups in total. The van der Waals surface area contributed by atoms with E-state index in [1.165, 1.54) is 19.3 Å². The molecule has 0 bridgehead atoms. The molecule has 0 aromatic heterocycles. The standard InChI is InChI=1S/C14H24/c1-5-12(4)7-6-8-13-9-10-14(13)11(2)3/h5,9-14H,1,6-8H2,2-4H3. The molecule has 0 aliphatic heterocycles. The van der Waals surface area contributed by atoms with Crippen molar-refractivity contribution in [2.24, 2.45) is 23.7 Å². The summed E-state index contributed by atoms with van der Waals surface area (Å²) in [6.45, 7) is 10.7. The van der Waals surface area contributed by atoms with Crippen LogP contribution in [-0.4, -0.2) is 0 Å². The molecule has 0 amide bonds. The number of allylic oxidation sites excluding steroid dienone is 3. The summed E-state index contributed by atoms with van der Waals surface area (Å²) in [7, 11) is 0. The topological polar surface area (TPSA) is 0 Å². The van der Waals surface area contributed by atoms with Gasteiger partial charge in [0.1, 0.15) is 0 Å². The summed E-state index contributed by atoms with van der Waals surface area (Å²) in [5.41, 5.74) is 0. The first-order valence-corrected chi connectivity index (χ1v) is 5.96. The molecule has 14 heavy (non-hydrogen) atoms. The molecular formula is C14H24. The quantitative estimate of drug-likeness (QED) is 0.546. The van der Waals surface area contributed by atoms with E-state index in [4.69, 9.17) is 0 Å². The second kappa shape index (κ2) is 5.38. The zero-order valence-electron chi connectivity index (χ0n) is 9.87. The van der Waals surface area contributed by atoms with Crippen molar-refractivity contribution in [1.82, 2.24) is 0 Å². The summed E-state index contributed by atoms with van der Waals surface area (Å²) in [6.07, 6.45) is 10.9. The molecule has 3 atom stereocenters. The van der Waals surface area contributed by atoms with E-state index in [-0.39, 0.29) is 0 Å². The van der Waals surface area contributed by atoms with E-state index in [2.05, 4.69) is 45.6 Å². The van der Waals surface area contributed by atoms with Crippen molar-refractivity contribution in [1.29, 1.82) is 0 Å². The van der Waals surface area contributed by atoms with E-state index in [1.807, 2.05) is 0 Å². The Morgan fingerprint density at radius 1 is 1.29 bits per heavy atom. The third-order valence-electron chi connectivity index (χ3n) is 3.44. The van der Waals surface area contributed by atoms with Crippen LogP contribution < -0.4 is 0 Å². The first kappa shape index (κ1) is 11.6. The molecule has 1 aliphatic carbocycles. The smallest absolute Gasteiger partial charge is 0.0147 e. The molecule has 1 aliphatic rings. The fourth-order valence-electron chi connectivity index (χ4n) is 2.20. The van der Waals surface area contributed by atoms with Crippen LogP contribution in [0.5, 0.6) is 0 Å². The van der Waals surface area contributed by atoms with E-state index in [1.54, 1.807) is 0 Å². The molecule has 0 heteroatoms. The van der Waals surface area contributed by atoms with E-state index in [0.717, 1.165) is 17.8 Å². The first-order chi connectivity index (χ1) is 6.65. The van der Waals surface area contributed by atoms with Gasteiger partial charge in [-0.3, -0.25) is 0 Å². The second-order valence-electron chi connectivity index (χ2n) is 5.01. The number of rotatable bonds is 6. The summed E-state index contributed by atoms with van der Waals surface area (Å²) >= 11 is 0. The minimum Gasteiger partial charge on any atom is -0.103 e. The van der Waals surface area contributed by atoms with E-state index >= 15 is 0 Å². The molecule has 0 heterocycles. The predicted octanol–water partition coefficient (Wildman–Crippen LogP) is 4.44. The zero-order chi connectivity index (χ0) is 10.6. The van der Waals surface area contributed by atoms with Crippen LogP contribution in [0.4, 0.5) is 0 Å². The van der Waals surface area contributed by atoms with Crippen LogP contribution >= 0.6 is 0 Å². The Morgan fingerprint density at radius 2 is 2.00 bits per heavy atom. The van der Waals surface area contributed by atoms with Gasteiger partial charge in [-0.15, -0.1) is 6.58 Å². The van der Waals surface area contributed by atoms with E-state index in [0.29, 0.717) is 5.92 Å². The van der Waals surface area contributed by atoms with Crippen molar-refractivity contribution < 1.29 is 0 Å². The molecule has 0 aromatic rings. The molecule has 0 nitrogen and oxygen atoms in total. The van der Waals surface area contributed by atoms with Crippen LogP contribution in [0, 0.1) is 23.7 Å². The van der Waals surface area contributed by atoms with Gasteiger partial charge in [0.25, 0.3) is 0 Å². The van der Waals surface area contributed by atoms with Crippen molar-refractivity contribution in [3.63, 3.8) is 0 Å². The minimum atomic E-state index is 0.691. The molecule has 3 unspecified atom stereocenters. The lowest BCUT2D eigenvalue weighted by molar-refractivity contribution is 0.301. The number of hydrogen-bond donors (Lipinski definition) is 0. The van der Waals surface area contributed by atoms with Crippen LogP contribution in [-0.2, 0) is 0 Å². The minimum absolute atomic E-state index is 0.691. The van der Waals surface area contributed by atoms with Crippen molar-refractivity contribution in [3.8, 4) is 0 Å². The average Bonchev–Trinajstić information content (AvgIpc) is 2.08. The SMILES string of the molecule is C=CC(C)CCCC1C=CC1C(C)C. The van der Waals surface area contributed by atoms with Crippen LogP contribution in [0.25, 0.3) is 0 Å². The fourth-order valence-corrected chi connectivity index (χ4v) is 2.20. The highest BCUT2D eigenvalue weighted by Crippen LogP contribution is 2.35. The van der Waals surface area contributed by atoms with Crippen molar-refractivity contribution in [3.05, 3.63) is 24.8 Å². The van der Waals surface area contributed by atoms with Gasteiger partial charge >= 0.3 is 0 Å². The van der Waals surface area contributed by atoms with E-state index in [9.17, 15) is 0 Å². The summed E-state index contributed by atoms with van der Waals surface area (Å²) in [6, 6.07) is 0. The van der Waals surface area contributed by atoms with Gasteiger partial charge < -0.3 is 0 Å². The van der Waals surface area contributed by atoms with Crippen molar-refractivity contribution in [2.45, 2.75) is 40.0 Å². The molecule has 0 radical (unpaired) electrons. The summed E-state index contributed by atoms with van der Waals surface area (Å²) in [4.78, 5) is 0. The maximum Gasteiger partial charge on any atom is -0.0147 e. The van der Waals surface area contributed by atoms with Crippen molar-refractivity contribution >= 4 is 0 Å². The van der Waals surface area contributed by atoms with Gasteiger partial charge in [0.15, 0.2) is 0 Å². The summed E-state index contributed by atoms with van der Waals surface area (Å²) in [5, 5.41) is 0. The molecule has 0 saturated carbocycles. The Kier molecular flexibility index (Phi) is 4.44. The highest BCUT2D eigenvalue weighted by atomic mass is 14.3. The molecule has 80 valence electrons. The summed E-state index contributed by atoms with van der Waals surface area (Å²) in [5.74, 6) is 3.24. The van der Waals surface area contributed by atoms with Gasteiger partial charge in [-0.2, -0.15) is 0 Å². The lowest BCUT2D eigenvalue weighted by atomic mass is 9.73. The van der Waals surface area contributed by atoms with Gasteiger partial charge in [-0.05, 0) is 36.5 Å². The molecule has 1 rings (SSSR count). The van der Waals surface area contributed by atoms with Crippen molar-refractivity contribution in [2.75, 3.05) is 0 Å². The highest BCUT2D eigenvalue weighted by molar-refractivity contribution is 5.09. The lowest BCUT2D eigenvalue weighted by Crippen LogP contribution is -2.23. The van der Waals surface area contributed by atoms with E-state index < -0.39 is 0 Å². The molecule has 0 saturated heterocycles. The predicted molar refractivity (Wildman–Crippen MR) is 64.2 cm³/mol. The normalized spacial score (nSPS) is 27.4. The first-order valence-electron chi connectivity index (χ1n) is 5.96. The third-order valence-corrected chi connectivity index (χ3v) is 3.44. The van der Waals surface area contributed by atoms with Gasteiger partial charge in [0.2, 0.25) is 0 Å². The Hall–Kier alpha value is -0.520. The van der Waals surface area contributed by atoms with Crippen LogP contribution in [0.1, 0.15) is 40.0 Å². The van der Waals surface area contributed by atoms with Crippen LogP contribution in [0.15, 0.2) is 24.8 Å². The average molecular weight is 192 g/mol. The van der Waals surface area contributed by atoms with Gasteiger partial charge in [0, 0.05) is 0 Å². The molecule has 0 aromatic carbocycles. The maximum absolute atomic E-state index is 3.82. The second-order valence-corrected chi connectivity index (χ2v) is 5.01. The zero-order valence-corrected chi connectivity index (χ0v) is 9.87. The lowest BCUT2D eigenvalue weighted by Gasteiger charge is -2.32. The van der Waals surface area contributed by atoms with Crippen LogP contribution in [0.3, 0.4) is 0 Å². The largest absolute Gasteiger partial charge is 0.103 e. The Bertz CT molecular complexity index is 200. The monoisotopic (exact) mass is 192 g/mol. The van der Waals surface area contributed by atoms with Gasteiger partial charge in [0.05, 0.1) is 0 Å². The summed E-state index contributed by atoms with van der Waals surface area (Å²) < 4.78 is 0. The molecule has 0 spiro atoms. The number of hydrogen-bond acceptors (Lipinski definition) is 0. The van der Waals surface area contributed by atoms with Gasteiger partial charge in [-0.1, -0.05) is 45.4 Å². The highest BCUT2D eigenvalue weighted by Gasteiger charge is 2.25.